The fourth-order valence-corrected chi connectivity index (χ4v) is 3.17. The first-order chi connectivity index (χ1) is 17.0. The summed E-state index contributed by atoms with van der Waals surface area (Å²) in [6, 6.07) is 1.55. The van der Waals surface area contributed by atoms with E-state index in [-0.39, 0.29) is 25.1 Å². The van der Waals surface area contributed by atoms with Crippen molar-refractivity contribution in [2.24, 2.45) is 11.5 Å². The molecule has 0 spiro atoms. The summed E-state index contributed by atoms with van der Waals surface area (Å²) in [4.78, 5) is 61.0. The van der Waals surface area contributed by atoms with Crippen LogP contribution in [0, 0.1) is 0 Å². The fraction of sp³-hybridized carbons (Fsp3) is 0.522. The summed E-state index contributed by atoms with van der Waals surface area (Å²) in [7, 11) is 0. The van der Waals surface area contributed by atoms with E-state index in [0.29, 0.717) is 24.9 Å². The predicted octanol–water partition coefficient (Wildman–Crippen LogP) is -1.91. The second kappa shape index (κ2) is 15.3. The molecule has 1 aromatic carbocycles. The third-order valence-electron chi connectivity index (χ3n) is 5.28. The number of carboxylic acids is 1. The Labute approximate surface area is 209 Å². The zero-order chi connectivity index (χ0) is 27.3. The highest BCUT2D eigenvalue weighted by Crippen LogP contribution is 2.11. The van der Waals surface area contributed by atoms with Crippen molar-refractivity contribution in [3.63, 3.8) is 0 Å². The van der Waals surface area contributed by atoms with Gasteiger partial charge in [-0.05, 0) is 57.4 Å². The number of aliphatic carboxylic acids is 1. The Morgan fingerprint density at radius 3 is 1.89 bits per heavy atom. The number of amides is 4. The molecule has 13 nitrogen and oxygen atoms in total. The third kappa shape index (κ3) is 10.7. The van der Waals surface area contributed by atoms with Crippen molar-refractivity contribution >= 4 is 29.6 Å². The lowest BCUT2D eigenvalue weighted by Crippen LogP contribution is -2.57. The van der Waals surface area contributed by atoms with Crippen LogP contribution in [0.1, 0.15) is 38.7 Å². The molecule has 0 saturated heterocycles. The number of carboxylic acid groups (broad SMARTS) is 1. The van der Waals surface area contributed by atoms with Gasteiger partial charge in [0.1, 0.15) is 29.9 Å². The number of carbonyl (C=O) groups excluding carboxylic acids is 4. The second-order valence-electron chi connectivity index (χ2n) is 8.34. The quantitative estimate of drug-likeness (QED) is 0.123. The van der Waals surface area contributed by atoms with E-state index < -0.39 is 53.8 Å². The van der Waals surface area contributed by atoms with Crippen molar-refractivity contribution in [1.82, 2.24) is 21.3 Å². The number of rotatable bonds is 15. The molecule has 0 heterocycles. The summed E-state index contributed by atoms with van der Waals surface area (Å²) in [5.41, 5.74) is 11.3. The SMILES string of the molecule is CC(NC(=O)CN)C(=O)NC(CCCCN)C(=O)NC(C)C(=O)NC(Cc1ccc(O)cc1)C(=O)O. The van der Waals surface area contributed by atoms with Crippen LogP contribution in [0.25, 0.3) is 0 Å². The van der Waals surface area contributed by atoms with Gasteiger partial charge in [0.25, 0.3) is 0 Å². The van der Waals surface area contributed by atoms with E-state index in [0.717, 1.165) is 0 Å². The lowest BCUT2D eigenvalue weighted by molar-refractivity contribution is -0.142. The molecule has 4 unspecified atom stereocenters. The number of carbonyl (C=O) groups is 5. The van der Waals surface area contributed by atoms with Crippen LogP contribution in [-0.2, 0) is 30.4 Å². The minimum Gasteiger partial charge on any atom is -0.508 e. The molecule has 0 aliphatic carbocycles. The Morgan fingerprint density at radius 2 is 1.36 bits per heavy atom. The van der Waals surface area contributed by atoms with E-state index in [1.165, 1.54) is 38.1 Å². The number of nitrogens with two attached hydrogens (primary N) is 2. The molecule has 4 atom stereocenters. The highest BCUT2D eigenvalue weighted by molar-refractivity contribution is 5.94. The molecule has 0 aliphatic heterocycles. The van der Waals surface area contributed by atoms with Gasteiger partial charge in [0.2, 0.25) is 23.6 Å². The Hall–Kier alpha value is -3.71. The van der Waals surface area contributed by atoms with Gasteiger partial charge in [0.15, 0.2) is 0 Å². The van der Waals surface area contributed by atoms with Crippen LogP contribution in [0.2, 0.25) is 0 Å². The molecule has 0 aromatic heterocycles. The van der Waals surface area contributed by atoms with Crippen molar-refractivity contribution in [3.05, 3.63) is 29.8 Å². The molecule has 13 heteroatoms. The fourth-order valence-electron chi connectivity index (χ4n) is 3.17. The normalized spacial score (nSPS) is 14.0. The number of nitrogens with one attached hydrogen (secondary N) is 4. The van der Waals surface area contributed by atoms with Gasteiger partial charge in [-0.1, -0.05) is 12.1 Å². The topological polar surface area (TPSA) is 226 Å². The average Bonchev–Trinajstić information content (AvgIpc) is 2.83. The molecule has 1 rings (SSSR count). The lowest BCUT2D eigenvalue weighted by Gasteiger charge is -2.24. The Morgan fingerprint density at radius 1 is 0.806 bits per heavy atom. The van der Waals surface area contributed by atoms with Crippen molar-refractivity contribution in [3.8, 4) is 5.75 Å². The number of benzene rings is 1. The minimum atomic E-state index is -1.27. The van der Waals surface area contributed by atoms with E-state index in [4.69, 9.17) is 11.5 Å². The second-order valence-corrected chi connectivity index (χ2v) is 8.34. The van der Waals surface area contributed by atoms with Crippen LogP contribution in [-0.4, -0.2) is 77.1 Å². The first kappa shape index (κ1) is 30.3. The van der Waals surface area contributed by atoms with Gasteiger partial charge >= 0.3 is 5.97 Å². The number of phenols is 1. The van der Waals surface area contributed by atoms with Crippen molar-refractivity contribution in [2.75, 3.05) is 13.1 Å². The predicted molar refractivity (Wildman–Crippen MR) is 130 cm³/mol. The summed E-state index contributed by atoms with van der Waals surface area (Å²) in [6.07, 6.45) is 1.32. The Kier molecular flexibility index (Phi) is 12.9. The van der Waals surface area contributed by atoms with E-state index >= 15 is 0 Å². The molecule has 200 valence electrons. The number of hydrogen-bond donors (Lipinski definition) is 8. The third-order valence-corrected chi connectivity index (χ3v) is 5.28. The molecule has 36 heavy (non-hydrogen) atoms. The Balaban J connectivity index is 2.80. The summed E-state index contributed by atoms with van der Waals surface area (Å²) in [5, 5.41) is 28.7. The zero-order valence-corrected chi connectivity index (χ0v) is 20.5. The van der Waals surface area contributed by atoms with E-state index in [1.54, 1.807) is 0 Å². The van der Waals surface area contributed by atoms with Crippen LogP contribution < -0.4 is 32.7 Å². The number of phenolic OH excluding ortho intramolecular Hbond substituents is 1. The van der Waals surface area contributed by atoms with E-state index in [1.807, 2.05) is 0 Å². The van der Waals surface area contributed by atoms with E-state index in [9.17, 15) is 34.2 Å². The molecule has 4 amide bonds. The summed E-state index contributed by atoms with van der Waals surface area (Å²) >= 11 is 0. The molecule has 0 saturated carbocycles. The van der Waals surface area contributed by atoms with Gasteiger partial charge in [-0.25, -0.2) is 4.79 Å². The molecule has 0 aliphatic rings. The van der Waals surface area contributed by atoms with Crippen LogP contribution in [0.5, 0.6) is 5.75 Å². The summed E-state index contributed by atoms with van der Waals surface area (Å²) in [6.45, 7) is 2.92. The molecule has 1 aromatic rings. The smallest absolute Gasteiger partial charge is 0.326 e. The van der Waals surface area contributed by atoms with Crippen LogP contribution >= 0.6 is 0 Å². The average molecular weight is 509 g/mol. The highest BCUT2D eigenvalue weighted by Gasteiger charge is 2.28. The van der Waals surface area contributed by atoms with Gasteiger partial charge in [-0.2, -0.15) is 0 Å². The van der Waals surface area contributed by atoms with Gasteiger partial charge in [-0.3, -0.25) is 19.2 Å². The molecule has 10 N–H and O–H groups in total. The zero-order valence-electron chi connectivity index (χ0n) is 20.5. The molecule has 0 radical (unpaired) electrons. The standard InChI is InChI=1S/C23H36N6O7/c1-13(26-19(31)12-25)20(32)28-17(5-3-4-10-24)22(34)27-14(2)21(33)29-18(23(35)36)11-15-6-8-16(30)9-7-15/h6-9,13-14,17-18,30H,3-5,10-12,24-25H2,1-2H3,(H,26,31)(H,27,34)(H,28,32)(H,29,33)(H,35,36). The summed E-state index contributed by atoms with van der Waals surface area (Å²) < 4.78 is 0. The van der Waals surface area contributed by atoms with Crippen LogP contribution in [0.4, 0.5) is 0 Å². The van der Waals surface area contributed by atoms with Gasteiger partial charge in [0.05, 0.1) is 6.54 Å². The van der Waals surface area contributed by atoms with Gasteiger partial charge in [-0.15, -0.1) is 0 Å². The number of unbranched alkanes of at least 4 members (excludes halogenated alkanes) is 1. The summed E-state index contributed by atoms with van der Waals surface area (Å²) in [5.74, 6) is -3.77. The van der Waals surface area contributed by atoms with Gasteiger partial charge in [0, 0.05) is 6.42 Å². The Bertz CT molecular complexity index is 909. The molecular formula is C23H36N6O7. The van der Waals surface area contributed by atoms with Crippen LogP contribution in [0.15, 0.2) is 24.3 Å². The maximum atomic E-state index is 12.8. The minimum absolute atomic E-state index is 0.0234. The van der Waals surface area contributed by atoms with Crippen molar-refractivity contribution < 1.29 is 34.2 Å². The first-order valence-electron chi connectivity index (χ1n) is 11.6. The van der Waals surface area contributed by atoms with Gasteiger partial charge < -0.3 is 42.9 Å². The highest BCUT2D eigenvalue weighted by atomic mass is 16.4. The van der Waals surface area contributed by atoms with Crippen molar-refractivity contribution in [1.29, 1.82) is 0 Å². The van der Waals surface area contributed by atoms with Crippen LogP contribution in [0.3, 0.4) is 0 Å². The maximum Gasteiger partial charge on any atom is 0.326 e. The molecule has 0 fully saturated rings. The number of hydrogen-bond acceptors (Lipinski definition) is 8. The van der Waals surface area contributed by atoms with E-state index in [2.05, 4.69) is 21.3 Å². The first-order valence-corrected chi connectivity index (χ1v) is 11.6. The molecular weight excluding hydrogens is 472 g/mol. The number of aromatic hydroxyl groups is 1. The monoisotopic (exact) mass is 508 g/mol. The van der Waals surface area contributed by atoms with Crippen molar-refractivity contribution in [2.45, 2.75) is 63.7 Å². The maximum absolute atomic E-state index is 12.8. The molecule has 0 bridgehead atoms. The largest absolute Gasteiger partial charge is 0.508 e. The lowest BCUT2D eigenvalue weighted by atomic mass is 10.1.